The molecule has 0 spiro atoms. The summed E-state index contributed by atoms with van der Waals surface area (Å²) in [5.41, 5.74) is 0. The maximum absolute atomic E-state index is 2.28. The summed E-state index contributed by atoms with van der Waals surface area (Å²) < 4.78 is 0. The second kappa shape index (κ2) is 22.7. The van der Waals surface area contributed by atoms with Crippen LogP contribution in [0.4, 0.5) is 0 Å². The molecule has 0 aromatic rings. The van der Waals surface area contributed by atoms with Gasteiger partial charge in [0.15, 0.2) is 0 Å². The molecule has 1 aliphatic carbocycles. The van der Waals surface area contributed by atoms with Gasteiger partial charge in [-0.15, -0.1) is 0 Å². The van der Waals surface area contributed by atoms with Crippen LogP contribution in [0.2, 0.25) is 0 Å². The van der Waals surface area contributed by atoms with E-state index in [0.29, 0.717) is 0 Å². The van der Waals surface area contributed by atoms with E-state index in [2.05, 4.69) is 20.8 Å². The Balaban J connectivity index is -0.000000113. The van der Waals surface area contributed by atoms with Gasteiger partial charge in [0.2, 0.25) is 0 Å². The molecule has 0 heteroatoms. The minimum Gasteiger partial charge on any atom is -0.0683 e. The Kier molecular flexibility index (Phi) is 32.7. The van der Waals surface area contributed by atoms with Crippen molar-refractivity contribution in [1.29, 1.82) is 0 Å². The zero-order chi connectivity index (χ0) is 11.1. The van der Waals surface area contributed by atoms with Crippen molar-refractivity contribution in [3.8, 4) is 0 Å². The normalized spacial score (nSPS) is 12.2. The largest absolute Gasteiger partial charge is 0.0683 e. The quantitative estimate of drug-likeness (QED) is 0.524. The van der Waals surface area contributed by atoms with E-state index in [1.807, 2.05) is 27.7 Å². The molecule has 84 valence electrons. The highest BCUT2D eigenvalue weighted by Crippen LogP contribution is 2.26. The summed E-state index contributed by atoms with van der Waals surface area (Å²) in [5, 5.41) is 0. The van der Waals surface area contributed by atoms with Gasteiger partial charge < -0.3 is 0 Å². The summed E-state index contributed by atoms with van der Waals surface area (Å²) in [6, 6.07) is 0. The number of rotatable bonds is 2. The second-order valence-electron chi connectivity index (χ2n) is 3.04. The Hall–Kier alpha value is 0. The molecule has 0 saturated heterocycles. The van der Waals surface area contributed by atoms with Gasteiger partial charge in [-0.1, -0.05) is 80.6 Å². The Morgan fingerprint density at radius 1 is 0.846 bits per heavy atom. The van der Waals surface area contributed by atoms with E-state index in [1.165, 1.54) is 32.1 Å². The maximum Gasteiger partial charge on any atom is -0.0443 e. The lowest BCUT2D eigenvalue weighted by Crippen LogP contribution is -1.59. The predicted molar refractivity (Wildman–Crippen MR) is 66.3 cm³/mol. The van der Waals surface area contributed by atoms with Gasteiger partial charge in [-0.2, -0.15) is 0 Å². The van der Waals surface area contributed by atoms with Crippen LogP contribution in [0.3, 0.4) is 0 Å². The summed E-state index contributed by atoms with van der Waals surface area (Å²) in [6.45, 7) is 14.7. The van der Waals surface area contributed by atoms with Gasteiger partial charge in [0.05, 0.1) is 0 Å². The first-order valence-electron chi connectivity index (χ1n) is 6.31. The van der Waals surface area contributed by atoms with Crippen LogP contribution in [0.15, 0.2) is 0 Å². The molecule has 1 saturated carbocycles. The van der Waals surface area contributed by atoms with Crippen LogP contribution in [0, 0.1) is 5.92 Å². The highest BCUT2D eigenvalue weighted by molar-refractivity contribution is 4.65. The Bertz CT molecular complexity index is 42.0. The number of unbranched alkanes of at least 4 members (excludes halogenated alkanes) is 2. The van der Waals surface area contributed by atoms with Crippen molar-refractivity contribution in [2.45, 2.75) is 80.6 Å². The summed E-state index contributed by atoms with van der Waals surface area (Å²) >= 11 is 0. The second-order valence-corrected chi connectivity index (χ2v) is 3.04. The van der Waals surface area contributed by atoms with Crippen molar-refractivity contribution in [1.82, 2.24) is 0 Å². The van der Waals surface area contributed by atoms with Crippen LogP contribution in [-0.4, -0.2) is 0 Å². The molecule has 0 atom stereocenters. The van der Waals surface area contributed by atoms with Crippen LogP contribution in [0.25, 0.3) is 0 Å². The Labute approximate surface area is 87.1 Å². The molecule has 0 unspecified atom stereocenters. The van der Waals surface area contributed by atoms with Crippen LogP contribution in [-0.2, 0) is 0 Å². The highest BCUT2D eigenvalue weighted by atomic mass is 14.2. The molecule has 1 rings (SSSR count). The zero-order valence-corrected chi connectivity index (χ0v) is 11.1. The lowest BCUT2D eigenvalue weighted by atomic mass is 10.3. The predicted octanol–water partition coefficient (Wildman–Crippen LogP) is 5.67. The smallest absolute Gasteiger partial charge is 0.0443 e. The first-order valence-corrected chi connectivity index (χ1v) is 6.31. The molecule has 1 fully saturated rings. The van der Waals surface area contributed by atoms with Gasteiger partial charge in [0.1, 0.15) is 0 Å². The summed E-state index contributed by atoms with van der Waals surface area (Å²) in [6.07, 6.45) is 7.05. The fourth-order valence-electron chi connectivity index (χ4n) is 0.520. The molecule has 0 aliphatic heterocycles. The Morgan fingerprint density at radius 3 is 1.08 bits per heavy atom. The van der Waals surface area contributed by atoms with Gasteiger partial charge in [0, 0.05) is 0 Å². The molecule has 1 aliphatic rings. The van der Waals surface area contributed by atoms with E-state index in [0.717, 1.165) is 5.92 Å². The fourth-order valence-corrected chi connectivity index (χ4v) is 0.520. The van der Waals surface area contributed by atoms with Crippen molar-refractivity contribution in [3.63, 3.8) is 0 Å². The monoisotopic (exact) mass is 188 g/mol. The Morgan fingerprint density at radius 2 is 1.08 bits per heavy atom. The summed E-state index contributed by atoms with van der Waals surface area (Å²) in [4.78, 5) is 0. The molecular weight excluding hydrogens is 156 g/mol. The molecule has 0 N–H and O–H groups in total. The third-order valence-corrected chi connectivity index (χ3v) is 1.57. The number of hydrogen-bond acceptors (Lipinski definition) is 0. The average Bonchev–Trinajstić information content (AvgIpc) is 2.97. The lowest BCUT2D eigenvalue weighted by Gasteiger charge is -1.79. The van der Waals surface area contributed by atoms with E-state index in [9.17, 15) is 0 Å². The van der Waals surface area contributed by atoms with Crippen molar-refractivity contribution in [2.75, 3.05) is 0 Å². The van der Waals surface area contributed by atoms with Crippen molar-refractivity contribution < 1.29 is 0 Å². The van der Waals surface area contributed by atoms with Gasteiger partial charge >= 0.3 is 0 Å². The molecule has 0 aromatic heterocycles. The minimum absolute atomic E-state index is 1.08. The van der Waals surface area contributed by atoms with Gasteiger partial charge in [-0.3, -0.25) is 0 Å². The lowest BCUT2D eigenvalue weighted by molar-refractivity contribution is 0.772. The van der Waals surface area contributed by atoms with Gasteiger partial charge in [-0.05, 0) is 5.92 Å². The molecular formula is C13H32. The van der Waals surface area contributed by atoms with Crippen molar-refractivity contribution in [2.24, 2.45) is 5.92 Å². The molecule has 0 bridgehead atoms. The van der Waals surface area contributed by atoms with Crippen LogP contribution in [0.1, 0.15) is 80.6 Å². The van der Waals surface area contributed by atoms with Crippen LogP contribution < -0.4 is 0 Å². The van der Waals surface area contributed by atoms with E-state index < -0.39 is 0 Å². The molecule has 0 radical (unpaired) electrons. The summed E-state index contributed by atoms with van der Waals surface area (Å²) in [5.74, 6) is 1.08. The van der Waals surface area contributed by atoms with E-state index >= 15 is 0 Å². The van der Waals surface area contributed by atoms with Gasteiger partial charge in [-0.25, -0.2) is 0 Å². The van der Waals surface area contributed by atoms with Crippen molar-refractivity contribution >= 4 is 0 Å². The molecule has 0 nitrogen and oxygen atoms in total. The molecule has 13 heavy (non-hydrogen) atoms. The summed E-state index contributed by atoms with van der Waals surface area (Å²) in [7, 11) is 0. The van der Waals surface area contributed by atoms with Crippen molar-refractivity contribution in [3.05, 3.63) is 0 Å². The van der Waals surface area contributed by atoms with E-state index in [4.69, 9.17) is 0 Å². The molecule has 0 aromatic carbocycles. The minimum atomic E-state index is 1.08. The zero-order valence-electron chi connectivity index (χ0n) is 11.1. The van der Waals surface area contributed by atoms with Gasteiger partial charge in [0.25, 0.3) is 0 Å². The topological polar surface area (TPSA) is 0 Å². The number of hydrogen-bond donors (Lipinski definition) is 0. The SMILES string of the molecule is CC.CC.CC1CC1.CCCCC. The van der Waals surface area contributed by atoms with E-state index in [1.54, 1.807) is 0 Å². The first-order chi connectivity index (χ1) is 6.31. The standard InChI is InChI=1S/C5H12.C4H8.2C2H6/c1-3-5-4-2;1-4-2-3-4;2*1-2/h3-5H2,1-2H3;4H,2-3H2,1H3;2*1-2H3. The molecule has 0 amide bonds. The maximum atomic E-state index is 2.28. The fraction of sp³-hybridized carbons (Fsp3) is 1.00. The average molecular weight is 188 g/mol. The molecule has 0 heterocycles. The van der Waals surface area contributed by atoms with E-state index in [-0.39, 0.29) is 0 Å². The van der Waals surface area contributed by atoms with Crippen LogP contribution >= 0.6 is 0 Å². The van der Waals surface area contributed by atoms with Crippen LogP contribution in [0.5, 0.6) is 0 Å². The first kappa shape index (κ1) is 18.7. The third-order valence-electron chi connectivity index (χ3n) is 1.57. The highest BCUT2D eigenvalue weighted by Gasteiger charge is 2.12. The third kappa shape index (κ3) is 48.0.